The van der Waals surface area contributed by atoms with Crippen LogP contribution in [0.5, 0.6) is 0 Å². The van der Waals surface area contributed by atoms with Gasteiger partial charge in [0.2, 0.25) is 0 Å². The summed E-state index contributed by atoms with van der Waals surface area (Å²) in [5.74, 6) is 0. The van der Waals surface area contributed by atoms with E-state index in [1.807, 2.05) is 7.05 Å². The van der Waals surface area contributed by atoms with Crippen LogP contribution in [0.4, 0.5) is 4.79 Å². The third-order valence-electron chi connectivity index (χ3n) is 1.84. The maximum Gasteiger partial charge on any atom is 0.509 e. The van der Waals surface area contributed by atoms with Gasteiger partial charge in [0.1, 0.15) is 0 Å². The molecule has 5 nitrogen and oxygen atoms in total. The Morgan fingerprint density at radius 2 is 2.46 bits per heavy atom. The largest absolute Gasteiger partial charge is 0.509 e. The van der Waals surface area contributed by atoms with Crippen LogP contribution >= 0.6 is 0 Å². The molecule has 0 aromatic heterocycles. The van der Waals surface area contributed by atoms with Gasteiger partial charge in [0.15, 0.2) is 6.23 Å². The van der Waals surface area contributed by atoms with Gasteiger partial charge in [-0.05, 0) is 14.0 Å². The van der Waals surface area contributed by atoms with Crippen LogP contribution < -0.4 is 5.32 Å². The normalized spacial score (nSPS) is 24.0. The monoisotopic (exact) mass is 188 g/mol. The van der Waals surface area contributed by atoms with Gasteiger partial charge in [-0.15, -0.1) is 0 Å². The Balaban J connectivity index is 2.23. The van der Waals surface area contributed by atoms with Crippen LogP contribution in [0.1, 0.15) is 6.92 Å². The molecule has 1 saturated heterocycles. The van der Waals surface area contributed by atoms with Gasteiger partial charge in [-0.25, -0.2) is 4.79 Å². The highest BCUT2D eigenvalue weighted by Crippen LogP contribution is 1.99. The Kier molecular flexibility index (Phi) is 3.98. The molecular weight excluding hydrogens is 172 g/mol. The van der Waals surface area contributed by atoms with E-state index < -0.39 is 6.16 Å². The minimum atomic E-state index is -0.602. The van der Waals surface area contributed by atoms with Crippen LogP contribution in [0.2, 0.25) is 0 Å². The van der Waals surface area contributed by atoms with Crippen LogP contribution in [-0.2, 0) is 9.47 Å². The average molecular weight is 188 g/mol. The number of rotatable bonds is 2. The first-order chi connectivity index (χ1) is 6.22. The molecule has 76 valence electrons. The quantitative estimate of drug-likeness (QED) is 0.619. The first-order valence-electron chi connectivity index (χ1n) is 4.47. The van der Waals surface area contributed by atoms with Crippen molar-refractivity contribution in [1.29, 1.82) is 0 Å². The molecule has 0 aromatic rings. The summed E-state index contributed by atoms with van der Waals surface area (Å²) in [6.45, 7) is 4.62. The summed E-state index contributed by atoms with van der Waals surface area (Å²) >= 11 is 0. The number of nitrogens with zero attached hydrogens (tertiary/aromatic N) is 1. The zero-order valence-corrected chi connectivity index (χ0v) is 8.08. The fourth-order valence-corrected chi connectivity index (χ4v) is 1.20. The molecule has 0 amide bonds. The molecule has 0 radical (unpaired) electrons. The molecular formula is C8H16N2O3. The molecule has 1 aliphatic heterocycles. The maximum atomic E-state index is 10.9. The zero-order chi connectivity index (χ0) is 9.68. The van der Waals surface area contributed by atoms with Gasteiger partial charge in [0.25, 0.3) is 0 Å². The van der Waals surface area contributed by atoms with Crippen LogP contribution in [0.3, 0.4) is 0 Å². The van der Waals surface area contributed by atoms with Crippen LogP contribution in [0.25, 0.3) is 0 Å². The van der Waals surface area contributed by atoms with Gasteiger partial charge >= 0.3 is 6.16 Å². The fraction of sp³-hybridized carbons (Fsp3) is 0.875. The highest BCUT2D eigenvalue weighted by atomic mass is 16.7. The standard InChI is InChI=1S/C8H16N2O3/c1-3-12-8(11)13-7-6-10(2)5-4-9-7/h7,9H,3-6H2,1-2H3/t7-/m0/s1. The van der Waals surface area contributed by atoms with Crippen molar-refractivity contribution in [2.75, 3.05) is 33.3 Å². The maximum absolute atomic E-state index is 10.9. The molecule has 0 spiro atoms. The van der Waals surface area contributed by atoms with E-state index in [2.05, 4.69) is 15.0 Å². The highest BCUT2D eigenvalue weighted by molar-refractivity contribution is 5.60. The minimum Gasteiger partial charge on any atom is -0.435 e. The van der Waals surface area contributed by atoms with E-state index >= 15 is 0 Å². The number of hydrogen-bond donors (Lipinski definition) is 1. The summed E-state index contributed by atoms with van der Waals surface area (Å²) in [7, 11) is 1.99. The topological polar surface area (TPSA) is 50.8 Å². The van der Waals surface area contributed by atoms with Crippen molar-refractivity contribution < 1.29 is 14.3 Å². The lowest BCUT2D eigenvalue weighted by atomic mass is 10.4. The molecule has 1 aliphatic rings. The molecule has 0 saturated carbocycles. The van der Waals surface area contributed by atoms with Gasteiger partial charge in [0, 0.05) is 19.6 Å². The SMILES string of the molecule is CCOC(=O)O[C@H]1CN(C)CCN1. The van der Waals surface area contributed by atoms with Crippen molar-refractivity contribution in [1.82, 2.24) is 10.2 Å². The van der Waals surface area contributed by atoms with Crippen LogP contribution in [-0.4, -0.2) is 50.6 Å². The number of ether oxygens (including phenoxy) is 2. The third kappa shape index (κ3) is 3.61. The van der Waals surface area contributed by atoms with Gasteiger partial charge in [-0.1, -0.05) is 0 Å². The van der Waals surface area contributed by atoms with E-state index in [9.17, 15) is 4.79 Å². The van der Waals surface area contributed by atoms with E-state index in [1.54, 1.807) is 6.92 Å². The Bertz CT molecular complexity index is 175. The van der Waals surface area contributed by atoms with Crippen molar-refractivity contribution in [3.8, 4) is 0 Å². The second-order valence-corrected chi connectivity index (χ2v) is 3.01. The number of likely N-dealkylation sites (N-methyl/N-ethyl adjacent to an activating group) is 1. The van der Waals surface area contributed by atoms with E-state index in [1.165, 1.54) is 0 Å². The van der Waals surface area contributed by atoms with E-state index in [0.717, 1.165) is 13.1 Å². The summed E-state index contributed by atoms with van der Waals surface area (Å²) in [4.78, 5) is 13.0. The Morgan fingerprint density at radius 3 is 3.08 bits per heavy atom. The molecule has 5 heteroatoms. The number of piperazine rings is 1. The predicted molar refractivity (Wildman–Crippen MR) is 47.4 cm³/mol. The van der Waals surface area contributed by atoms with E-state index in [0.29, 0.717) is 13.2 Å². The average Bonchev–Trinajstić information content (AvgIpc) is 2.04. The second-order valence-electron chi connectivity index (χ2n) is 3.01. The first-order valence-corrected chi connectivity index (χ1v) is 4.47. The predicted octanol–water partition coefficient (Wildman–Crippen LogP) is 0.0206. The smallest absolute Gasteiger partial charge is 0.435 e. The van der Waals surface area contributed by atoms with Crippen LogP contribution in [0, 0.1) is 0 Å². The highest BCUT2D eigenvalue weighted by Gasteiger charge is 2.20. The zero-order valence-electron chi connectivity index (χ0n) is 8.08. The molecule has 0 unspecified atom stereocenters. The Hall–Kier alpha value is -0.810. The fourth-order valence-electron chi connectivity index (χ4n) is 1.20. The molecule has 0 aromatic carbocycles. The van der Waals surface area contributed by atoms with Crippen molar-refractivity contribution >= 4 is 6.16 Å². The summed E-state index contributed by atoms with van der Waals surface area (Å²) < 4.78 is 9.65. The van der Waals surface area contributed by atoms with Gasteiger partial charge in [-0.2, -0.15) is 0 Å². The van der Waals surface area contributed by atoms with E-state index in [4.69, 9.17) is 4.74 Å². The molecule has 1 fully saturated rings. The Labute approximate surface area is 78.0 Å². The van der Waals surface area contributed by atoms with Gasteiger partial charge < -0.3 is 14.4 Å². The van der Waals surface area contributed by atoms with E-state index in [-0.39, 0.29) is 6.23 Å². The Morgan fingerprint density at radius 1 is 1.69 bits per heavy atom. The summed E-state index contributed by atoms with van der Waals surface area (Å²) in [5.41, 5.74) is 0. The summed E-state index contributed by atoms with van der Waals surface area (Å²) in [6.07, 6.45) is -0.840. The minimum absolute atomic E-state index is 0.238. The van der Waals surface area contributed by atoms with Crippen molar-refractivity contribution in [2.45, 2.75) is 13.2 Å². The number of carbonyl (C=O) groups excluding carboxylic acids is 1. The molecule has 0 bridgehead atoms. The van der Waals surface area contributed by atoms with Crippen molar-refractivity contribution in [3.63, 3.8) is 0 Å². The lowest BCUT2D eigenvalue weighted by Gasteiger charge is -2.29. The molecule has 1 rings (SSSR count). The van der Waals surface area contributed by atoms with Gasteiger partial charge in [-0.3, -0.25) is 5.32 Å². The summed E-state index contributed by atoms with van der Waals surface area (Å²) in [6, 6.07) is 0. The molecule has 13 heavy (non-hydrogen) atoms. The molecule has 1 heterocycles. The number of nitrogens with one attached hydrogen (secondary N) is 1. The van der Waals surface area contributed by atoms with Crippen molar-refractivity contribution in [3.05, 3.63) is 0 Å². The number of hydrogen-bond acceptors (Lipinski definition) is 5. The van der Waals surface area contributed by atoms with Crippen LogP contribution in [0.15, 0.2) is 0 Å². The molecule has 0 aliphatic carbocycles. The van der Waals surface area contributed by atoms with Gasteiger partial charge in [0.05, 0.1) is 6.61 Å². The lowest BCUT2D eigenvalue weighted by Crippen LogP contribution is -2.51. The second kappa shape index (κ2) is 5.04. The lowest BCUT2D eigenvalue weighted by molar-refractivity contribution is -0.00836. The molecule has 1 atom stereocenters. The van der Waals surface area contributed by atoms with Crippen molar-refractivity contribution in [2.24, 2.45) is 0 Å². The third-order valence-corrected chi connectivity index (χ3v) is 1.84. The molecule has 1 N–H and O–H groups in total. The summed E-state index contributed by atoms with van der Waals surface area (Å²) in [5, 5.41) is 3.07. The first kappa shape index (κ1) is 10.3. The number of carbonyl (C=O) groups is 1.